The van der Waals surface area contributed by atoms with E-state index in [4.69, 9.17) is 9.52 Å². The predicted molar refractivity (Wildman–Crippen MR) is 64.3 cm³/mol. The van der Waals surface area contributed by atoms with Gasteiger partial charge in [-0.2, -0.15) is 0 Å². The summed E-state index contributed by atoms with van der Waals surface area (Å²) in [6.07, 6.45) is 2.83. The van der Waals surface area contributed by atoms with Crippen molar-refractivity contribution in [3.63, 3.8) is 0 Å². The van der Waals surface area contributed by atoms with Gasteiger partial charge in [-0.1, -0.05) is 12.8 Å². The maximum Gasteiger partial charge on any atom is 0.371 e. The fourth-order valence-corrected chi connectivity index (χ4v) is 3.14. The van der Waals surface area contributed by atoms with Gasteiger partial charge in [0.05, 0.1) is 5.60 Å². The molecular formula is C11H15NO6S. The maximum atomic E-state index is 11.9. The summed E-state index contributed by atoms with van der Waals surface area (Å²) >= 11 is 0. The average Bonchev–Trinajstić information content (AvgIpc) is 2.96. The molecule has 2 rings (SSSR count). The molecule has 0 amide bonds. The number of sulfonamides is 1. The maximum absolute atomic E-state index is 11.9. The lowest BCUT2D eigenvalue weighted by Gasteiger charge is -2.21. The Morgan fingerprint density at radius 3 is 2.53 bits per heavy atom. The third-order valence-electron chi connectivity index (χ3n) is 3.18. The van der Waals surface area contributed by atoms with Crippen molar-refractivity contribution < 1.29 is 27.8 Å². The quantitative estimate of drug-likeness (QED) is 0.729. The third-order valence-corrected chi connectivity index (χ3v) is 4.46. The molecule has 0 aliphatic heterocycles. The van der Waals surface area contributed by atoms with Crippen LogP contribution in [0.15, 0.2) is 21.6 Å². The van der Waals surface area contributed by atoms with Crippen LogP contribution in [0.2, 0.25) is 0 Å². The highest BCUT2D eigenvalue weighted by Gasteiger charge is 2.33. The van der Waals surface area contributed by atoms with Crippen LogP contribution < -0.4 is 4.72 Å². The van der Waals surface area contributed by atoms with Crippen molar-refractivity contribution in [1.82, 2.24) is 4.72 Å². The van der Waals surface area contributed by atoms with Gasteiger partial charge in [0, 0.05) is 6.54 Å². The molecule has 1 aliphatic carbocycles. The molecule has 0 atom stereocenters. The van der Waals surface area contributed by atoms with Gasteiger partial charge < -0.3 is 14.6 Å². The normalized spacial score (nSPS) is 18.6. The molecule has 0 radical (unpaired) electrons. The first-order chi connectivity index (χ1) is 8.82. The van der Waals surface area contributed by atoms with Crippen LogP contribution in [0.3, 0.4) is 0 Å². The van der Waals surface area contributed by atoms with Crippen LogP contribution in [0.4, 0.5) is 0 Å². The fraction of sp³-hybridized carbons (Fsp3) is 0.545. The lowest BCUT2D eigenvalue weighted by Crippen LogP contribution is -2.40. The van der Waals surface area contributed by atoms with Crippen molar-refractivity contribution >= 4 is 16.0 Å². The Bertz CT molecular complexity index is 570. The first-order valence-electron chi connectivity index (χ1n) is 5.88. The summed E-state index contributed by atoms with van der Waals surface area (Å²) in [5.74, 6) is -1.78. The van der Waals surface area contributed by atoms with Gasteiger partial charge >= 0.3 is 5.97 Å². The zero-order chi connectivity index (χ0) is 14.1. The average molecular weight is 289 g/mol. The van der Waals surface area contributed by atoms with Crippen molar-refractivity contribution in [2.24, 2.45) is 0 Å². The van der Waals surface area contributed by atoms with E-state index < -0.39 is 32.4 Å². The Labute approximate surface area is 110 Å². The van der Waals surface area contributed by atoms with Gasteiger partial charge in [0.2, 0.25) is 10.9 Å². The molecule has 1 aromatic heterocycles. The van der Waals surface area contributed by atoms with Gasteiger partial charge in [0.1, 0.15) is 0 Å². The Morgan fingerprint density at radius 1 is 1.37 bits per heavy atom. The molecule has 1 aliphatic rings. The molecule has 1 heterocycles. The van der Waals surface area contributed by atoms with E-state index in [-0.39, 0.29) is 6.54 Å². The minimum Gasteiger partial charge on any atom is -0.475 e. The van der Waals surface area contributed by atoms with Crippen molar-refractivity contribution in [1.29, 1.82) is 0 Å². The first kappa shape index (κ1) is 14.0. The van der Waals surface area contributed by atoms with Crippen LogP contribution in [0.1, 0.15) is 36.2 Å². The van der Waals surface area contributed by atoms with E-state index in [1.807, 2.05) is 0 Å². The summed E-state index contributed by atoms with van der Waals surface area (Å²) < 4.78 is 30.7. The number of hydrogen-bond donors (Lipinski definition) is 3. The van der Waals surface area contributed by atoms with E-state index in [1.165, 1.54) is 0 Å². The van der Waals surface area contributed by atoms with E-state index in [2.05, 4.69) is 4.72 Å². The second-order valence-corrected chi connectivity index (χ2v) is 6.38. The van der Waals surface area contributed by atoms with Crippen LogP contribution in [-0.4, -0.2) is 36.7 Å². The monoisotopic (exact) mass is 289 g/mol. The molecule has 7 nitrogen and oxygen atoms in total. The standard InChI is InChI=1S/C11H15NO6S/c13-10(14)8-3-4-9(18-8)19(16,17)12-7-11(15)5-1-2-6-11/h3-4,12,15H,1-2,5-7H2,(H,13,14). The predicted octanol–water partition coefficient (Wildman–Crippen LogP) is 0.561. The molecule has 106 valence electrons. The van der Waals surface area contributed by atoms with Crippen LogP contribution in [0.25, 0.3) is 0 Å². The van der Waals surface area contributed by atoms with E-state index in [9.17, 15) is 18.3 Å². The van der Waals surface area contributed by atoms with Crippen molar-refractivity contribution in [3.05, 3.63) is 17.9 Å². The van der Waals surface area contributed by atoms with Crippen LogP contribution >= 0.6 is 0 Å². The van der Waals surface area contributed by atoms with Crippen molar-refractivity contribution in [3.8, 4) is 0 Å². The van der Waals surface area contributed by atoms with Crippen LogP contribution in [0, 0.1) is 0 Å². The SMILES string of the molecule is O=C(O)c1ccc(S(=O)(=O)NCC2(O)CCCC2)o1. The summed E-state index contributed by atoms with van der Waals surface area (Å²) in [7, 11) is -3.94. The fourth-order valence-electron chi connectivity index (χ4n) is 2.09. The number of nitrogens with one attached hydrogen (secondary N) is 1. The van der Waals surface area contributed by atoms with Gasteiger partial charge in [0.15, 0.2) is 0 Å². The molecule has 0 unspecified atom stereocenters. The van der Waals surface area contributed by atoms with E-state index in [1.54, 1.807) is 0 Å². The molecule has 0 bridgehead atoms. The third kappa shape index (κ3) is 3.14. The molecule has 0 aromatic carbocycles. The number of hydrogen-bond acceptors (Lipinski definition) is 5. The Morgan fingerprint density at radius 2 is 2.00 bits per heavy atom. The number of carboxylic acid groups (broad SMARTS) is 1. The molecule has 19 heavy (non-hydrogen) atoms. The van der Waals surface area contributed by atoms with E-state index in [0.717, 1.165) is 25.0 Å². The minimum atomic E-state index is -3.94. The van der Waals surface area contributed by atoms with E-state index >= 15 is 0 Å². The summed E-state index contributed by atoms with van der Waals surface area (Å²) in [6.45, 7) is -0.0988. The largest absolute Gasteiger partial charge is 0.475 e. The van der Waals surface area contributed by atoms with Gasteiger partial charge in [-0.3, -0.25) is 0 Å². The summed E-state index contributed by atoms with van der Waals surface area (Å²) in [6, 6.07) is 2.14. The summed E-state index contributed by atoms with van der Waals surface area (Å²) in [4.78, 5) is 10.6. The van der Waals surface area contributed by atoms with Crippen molar-refractivity contribution in [2.75, 3.05) is 6.54 Å². The lowest BCUT2D eigenvalue weighted by atomic mass is 10.0. The molecule has 1 aromatic rings. The molecule has 1 saturated carbocycles. The summed E-state index contributed by atoms with van der Waals surface area (Å²) in [5, 5.41) is 18.2. The molecule has 1 fully saturated rings. The van der Waals surface area contributed by atoms with Crippen LogP contribution in [-0.2, 0) is 10.0 Å². The highest BCUT2D eigenvalue weighted by molar-refractivity contribution is 7.89. The highest BCUT2D eigenvalue weighted by Crippen LogP contribution is 2.29. The molecule has 0 saturated heterocycles. The summed E-state index contributed by atoms with van der Waals surface area (Å²) in [5.41, 5.74) is -1.02. The second-order valence-electron chi connectivity index (χ2n) is 4.68. The molecular weight excluding hydrogens is 274 g/mol. The highest BCUT2D eigenvalue weighted by atomic mass is 32.2. The van der Waals surface area contributed by atoms with E-state index in [0.29, 0.717) is 12.8 Å². The van der Waals surface area contributed by atoms with Gasteiger partial charge in [-0.05, 0) is 25.0 Å². The molecule has 8 heteroatoms. The zero-order valence-corrected chi connectivity index (χ0v) is 10.9. The number of carboxylic acids is 1. The van der Waals surface area contributed by atoms with Crippen molar-refractivity contribution in [2.45, 2.75) is 36.4 Å². The van der Waals surface area contributed by atoms with Gasteiger partial charge in [0.25, 0.3) is 10.0 Å². The Kier molecular flexibility index (Phi) is 3.66. The number of aromatic carboxylic acids is 1. The first-order valence-corrected chi connectivity index (χ1v) is 7.36. The Hall–Kier alpha value is -1.38. The topological polar surface area (TPSA) is 117 Å². The number of furan rings is 1. The molecule has 3 N–H and O–H groups in total. The Balaban J connectivity index is 2.07. The number of carbonyl (C=O) groups is 1. The van der Waals surface area contributed by atoms with Gasteiger partial charge in [-0.25, -0.2) is 17.9 Å². The van der Waals surface area contributed by atoms with Gasteiger partial charge in [-0.15, -0.1) is 0 Å². The lowest BCUT2D eigenvalue weighted by molar-refractivity contribution is 0.0529. The zero-order valence-electron chi connectivity index (χ0n) is 10.1. The number of aliphatic hydroxyl groups is 1. The smallest absolute Gasteiger partial charge is 0.371 e. The minimum absolute atomic E-state index is 0.0988. The number of rotatable bonds is 5. The second kappa shape index (κ2) is 4.95. The van der Waals surface area contributed by atoms with Crippen LogP contribution in [0.5, 0.6) is 0 Å². The molecule has 0 spiro atoms.